The highest BCUT2D eigenvalue weighted by molar-refractivity contribution is 7.14. The molecular weight excluding hydrogens is 420 g/mol. The largest absolute Gasteiger partial charge is 0.335 e. The number of aromatic nitrogens is 7. The molecule has 0 aliphatic rings. The van der Waals surface area contributed by atoms with Gasteiger partial charge in [0.15, 0.2) is 22.2 Å². The maximum Gasteiger partial charge on any atom is 0.184 e. The summed E-state index contributed by atoms with van der Waals surface area (Å²) < 4.78 is 29.1. The van der Waals surface area contributed by atoms with Gasteiger partial charge in [-0.2, -0.15) is 9.49 Å². The molecule has 0 aliphatic carbocycles. The molecule has 0 radical (unpaired) electrons. The molecule has 6 heterocycles. The number of rotatable bonds is 3. The average molecular weight is 431 g/mol. The third-order valence-electron chi connectivity index (χ3n) is 4.96. The van der Waals surface area contributed by atoms with Gasteiger partial charge in [0.1, 0.15) is 11.5 Å². The number of nitrogens with zero attached hydrogens (tertiary/aromatic N) is 5. The number of hydrogen-bond donors (Lipinski definition) is 2. The van der Waals surface area contributed by atoms with E-state index in [0.29, 0.717) is 33.8 Å². The predicted molar refractivity (Wildman–Crippen MR) is 113 cm³/mol. The topological polar surface area (TPSA) is 96.0 Å². The molecule has 0 unspecified atom stereocenters. The minimum atomic E-state index is -0.476. The van der Waals surface area contributed by atoms with Gasteiger partial charge in [0.05, 0.1) is 10.9 Å². The fourth-order valence-corrected chi connectivity index (χ4v) is 4.30. The van der Waals surface area contributed by atoms with Crippen molar-refractivity contribution in [1.29, 1.82) is 0 Å². The van der Waals surface area contributed by atoms with Crippen LogP contribution < -0.4 is 0 Å². The smallest absolute Gasteiger partial charge is 0.184 e. The Labute approximate surface area is 176 Å². The molecule has 6 rings (SSSR count). The molecule has 150 valence electrons. The summed E-state index contributed by atoms with van der Waals surface area (Å²) in [6.45, 7) is 0. The molecule has 0 saturated carbocycles. The molecule has 0 bridgehead atoms. The summed E-state index contributed by atoms with van der Waals surface area (Å²) >= 11 is 1.03. The molecule has 2 N–H and O–H groups in total. The van der Waals surface area contributed by atoms with Gasteiger partial charge < -0.3 is 4.98 Å². The first-order valence-corrected chi connectivity index (χ1v) is 10.0. The third kappa shape index (κ3) is 2.80. The van der Waals surface area contributed by atoms with Gasteiger partial charge in [-0.05, 0) is 24.3 Å². The Morgan fingerprint density at radius 1 is 0.903 bits per heavy atom. The zero-order chi connectivity index (χ0) is 20.9. The molecule has 31 heavy (non-hydrogen) atoms. The van der Waals surface area contributed by atoms with E-state index in [1.54, 1.807) is 42.9 Å². The first-order chi connectivity index (χ1) is 15.2. The Kier molecular flexibility index (Phi) is 3.87. The van der Waals surface area contributed by atoms with Crippen molar-refractivity contribution < 1.29 is 8.78 Å². The summed E-state index contributed by atoms with van der Waals surface area (Å²) in [5, 5.41) is 6.88. The quantitative estimate of drug-likeness (QED) is 0.413. The zero-order valence-corrected chi connectivity index (χ0v) is 16.4. The van der Waals surface area contributed by atoms with Crippen LogP contribution in [0.25, 0.3) is 55.3 Å². The molecule has 0 fully saturated rings. The standard InChI is InChI=1S/C21H11F2N7S/c22-14-4-3-13(31-14)11-5-7-25-20-17(11)27-21(28-20)18-15-16(23)12(9-26-19(15)30-29-18)10-2-1-6-24-8-10/h1-9H,(H,25,27,28)(H,26,29,30). The van der Waals surface area contributed by atoms with Crippen LogP contribution in [0.4, 0.5) is 8.78 Å². The van der Waals surface area contributed by atoms with E-state index in [1.165, 1.54) is 12.3 Å². The van der Waals surface area contributed by atoms with Crippen LogP contribution in [0, 0.1) is 10.9 Å². The number of fused-ring (bicyclic) bond motifs is 2. The lowest BCUT2D eigenvalue weighted by Gasteiger charge is -2.03. The van der Waals surface area contributed by atoms with E-state index in [1.807, 2.05) is 0 Å². The normalized spacial score (nSPS) is 11.5. The lowest BCUT2D eigenvalue weighted by molar-refractivity contribution is 0.642. The summed E-state index contributed by atoms with van der Waals surface area (Å²) in [6, 6.07) is 8.38. The van der Waals surface area contributed by atoms with Crippen LogP contribution in [0.1, 0.15) is 0 Å². The zero-order valence-electron chi connectivity index (χ0n) is 15.6. The van der Waals surface area contributed by atoms with Crippen LogP contribution in [0.3, 0.4) is 0 Å². The molecule has 6 aromatic rings. The van der Waals surface area contributed by atoms with E-state index < -0.39 is 5.82 Å². The van der Waals surface area contributed by atoms with Gasteiger partial charge >= 0.3 is 0 Å². The van der Waals surface area contributed by atoms with E-state index in [4.69, 9.17) is 0 Å². The lowest BCUT2D eigenvalue weighted by atomic mass is 10.1. The SMILES string of the molecule is Fc1ccc(-c2ccnc3nc(-c4[nH]nc5ncc(-c6cccnc6)c(F)c45)[nH]c23)s1. The molecule has 0 spiro atoms. The Morgan fingerprint density at radius 3 is 2.65 bits per heavy atom. The fourth-order valence-electron chi connectivity index (χ4n) is 3.54. The van der Waals surface area contributed by atoms with E-state index in [2.05, 4.69) is 35.1 Å². The number of imidazole rings is 1. The Balaban J connectivity index is 1.56. The minimum absolute atomic E-state index is 0.212. The monoisotopic (exact) mass is 431 g/mol. The van der Waals surface area contributed by atoms with Crippen molar-refractivity contribution in [3.8, 4) is 33.1 Å². The van der Waals surface area contributed by atoms with E-state index in [0.717, 1.165) is 21.8 Å². The Bertz CT molecular complexity index is 1570. The van der Waals surface area contributed by atoms with Gasteiger partial charge in [-0.3, -0.25) is 10.1 Å². The Morgan fingerprint density at radius 2 is 1.84 bits per heavy atom. The number of H-pyrrole nitrogens is 2. The molecule has 7 nitrogen and oxygen atoms in total. The maximum atomic E-state index is 15.5. The number of nitrogens with one attached hydrogen (secondary N) is 2. The fraction of sp³-hybridized carbons (Fsp3) is 0. The van der Waals surface area contributed by atoms with Crippen LogP contribution in [-0.2, 0) is 0 Å². The molecule has 0 aliphatic heterocycles. The first-order valence-electron chi connectivity index (χ1n) is 9.23. The second-order valence-electron chi connectivity index (χ2n) is 6.77. The van der Waals surface area contributed by atoms with Crippen LogP contribution in [0.2, 0.25) is 0 Å². The average Bonchev–Trinajstić information content (AvgIpc) is 3.52. The summed E-state index contributed by atoms with van der Waals surface area (Å²) in [6.07, 6.45) is 6.23. The van der Waals surface area contributed by atoms with Crippen molar-refractivity contribution in [3.05, 3.63) is 66.1 Å². The van der Waals surface area contributed by atoms with Crippen molar-refractivity contribution >= 4 is 33.5 Å². The number of aromatic amines is 2. The molecule has 0 amide bonds. The second-order valence-corrected chi connectivity index (χ2v) is 7.81. The summed E-state index contributed by atoms with van der Waals surface area (Å²) in [7, 11) is 0. The lowest BCUT2D eigenvalue weighted by Crippen LogP contribution is -1.91. The molecule has 0 aromatic carbocycles. The van der Waals surface area contributed by atoms with Gasteiger partial charge in [-0.1, -0.05) is 6.07 Å². The number of hydrogen-bond acceptors (Lipinski definition) is 6. The summed E-state index contributed by atoms with van der Waals surface area (Å²) in [4.78, 5) is 21.0. The highest BCUT2D eigenvalue weighted by Gasteiger charge is 2.21. The van der Waals surface area contributed by atoms with Gasteiger partial charge in [-0.25, -0.2) is 19.3 Å². The number of thiophene rings is 1. The van der Waals surface area contributed by atoms with Gasteiger partial charge in [0, 0.05) is 46.4 Å². The van der Waals surface area contributed by atoms with Crippen molar-refractivity contribution in [2.75, 3.05) is 0 Å². The van der Waals surface area contributed by atoms with E-state index in [9.17, 15) is 4.39 Å². The van der Waals surface area contributed by atoms with Crippen LogP contribution in [0.15, 0.2) is 55.1 Å². The van der Waals surface area contributed by atoms with Crippen molar-refractivity contribution in [3.63, 3.8) is 0 Å². The molecule has 0 saturated heterocycles. The van der Waals surface area contributed by atoms with Crippen LogP contribution >= 0.6 is 11.3 Å². The molecule has 6 aromatic heterocycles. The molecule has 10 heteroatoms. The second kappa shape index (κ2) is 6.74. The van der Waals surface area contributed by atoms with E-state index in [-0.39, 0.29) is 16.2 Å². The highest BCUT2D eigenvalue weighted by atomic mass is 32.1. The summed E-state index contributed by atoms with van der Waals surface area (Å²) in [5.41, 5.74) is 3.32. The molecule has 0 atom stereocenters. The van der Waals surface area contributed by atoms with Crippen LogP contribution in [0.5, 0.6) is 0 Å². The molecular formula is C21H11F2N7S. The maximum absolute atomic E-state index is 15.5. The van der Waals surface area contributed by atoms with Crippen molar-refractivity contribution in [1.82, 2.24) is 35.1 Å². The predicted octanol–water partition coefficient (Wildman–Crippen LogP) is 4.96. The van der Waals surface area contributed by atoms with Crippen molar-refractivity contribution in [2.24, 2.45) is 0 Å². The Hall–Kier alpha value is -4.05. The van der Waals surface area contributed by atoms with Crippen LogP contribution in [-0.4, -0.2) is 35.1 Å². The first kappa shape index (κ1) is 17.8. The highest BCUT2D eigenvalue weighted by Crippen LogP contribution is 2.35. The third-order valence-corrected chi connectivity index (χ3v) is 5.87. The van der Waals surface area contributed by atoms with E-state index >= 15 is 4.39 Å². The number of pyridine rings is 3. The van der Waals surface area contributed by atoms with Gasteiger partial charge in [0.2, 0.25) is 0 Å². The number of halogens is 2. The van der Waals surface area contributed by atoms with Gasteiger partial charge in [0.25, 0.3) is 0 Å². The summed E-state index contributed by atoms with van der Waals surface area (Å²) in [5.74, 6) is -0.116. The van der Waals surface area contributed by atoms with Crippen molar-refractivity contribution in [2.45, 2.75) is 0 Å². The minimum Gasteiger partial charge on any atom is -0.335 e. The van der Waals surface area contributed by atoms with Gasteiger partial charge in [-0.15, -0.1) is 11.3 Å².